The molecular formula is C20H33N3O3S. The van der Waals surface area contributed by atoms with E-state index in [1.807, 2.05) is 27.8 Å². The normalized spacial score (nSPS) is 16.1. The molecule has 2 rings (SSSR count). The topological polar surface area (TPSA) is 69.7 Å². The molecule has 0 spiro atoms. The molecule has 1 N–H and O–H groups in total. The van der Waals surface area contributed by atoms with Crippen molar-refractivity contribution in [2.24, 2.45) is 0 Å². The number of carbonyl (C=O) groups excluding carboxylic acids is 1. The molecule has 7 heteroatoms. The number of amides is 1. The van der Waals surface area contributed by atoms with Gasteiger partial charge in [0.2, 0.25) is 15.9 Å². The highest BCUT2D eigenvalue weighted by Gasteiger charge is 2.23. The van der Waals surface area contributed by atoms with Crippen LogP contribution in [-0.4, -0.2) is 56.3 Å². The van der Waals surface area contributed by atoms with Gasteiger partial charge in [0.15, 0.2) is 0 Å². The van der Waals surface area contributed by atoms with Crippen molar-refractivity contribution in [3.8, 4) is 0 Å². The summed E-state index contributed by atoms with van der Waals surface area (Å²) in [5.74, 6) is -0.108. The monoisotopic (exact) mass is 395 g/mol. The third-order valence-corrected chi connectivity index (χ3v) is 7.46. The second kappa shape index (κ2) is 9.66. The van der Waals surface area contributed by atoms with Crippen LogP contribution in [-0.2, 0) is 14.8 Å². The lowest BCUT2D eigenvalue weighted by molar-refractivity contribution is -0.117. The molecule has 0 aromatic heterocycles. The van der Waals surface area contributed by atoms with Gasteiger partial charge in [-0.05, 0) is 44.5 Å². The van der Waals surface area contributed by atoms with Crippen LogP contribution >= 0.6 is 0 Å². The average Bonchev–Trinajstić information content (AvgIpc) is 2.64. The van der Waals surface area contributed by atoms with Crippen molar-refractivity contribution in [1.82, 2.24) is 9.21 Å². The fourth-order valence-electron chi connectivity index (χ4n) is 3.68. The van der Waals surface area contributed by atoms with Crippen LogP contribution in [0.25, 0.3) is 0 Å². The van der Waals surface area contributed by atoms with Crippen molar-refractivity contribution in [3.05, 3.63) is 23.8 Å². The third-order valence-electron chi connectivity index (χ3n) is 5.42. The van der Waals surface area contributed by atoms with E-state index in [2.05, 4.69) is 10.2 Å². The van der Waals surface area contributed by atoms with Crippen LogP contribution in [0.1, 0.15) is 51.5 Å². The molecule has 1 aromatic carbocycles. The van der Waals surface area contributed by atoms with Gasteiger partial charge in [0, 0.05) is 24.8 Å². The molecule has 0 heterocycles. The summed E-state index contributed by atoms with van der Waals surface area (Å²) in [5, 5.41) is 2.90. The molecule has 0 bridgehead atoms. The minimum Gasteiger partial charge on any atom is -0.325 e. The fourth-order valence-corrected chi connectivity index (χ4v) is 5.16. The molecule has 0 unspecified atom stereocenters. The zero-order valence-corrected chi connectivity index (χ0v) is 17.8. The zero-order chi connectivity index (χ0) is 20.0. The highest BCUT2D eigenvalue weighted by atomic mass is 32.2. The highest BCUT2D eigenvalue weighted by Crippen LogP contribution is 2.24. The first-order valence-electron chi connectivity index (χ1n) is 9.90. The zero-order valence-electron chi connectivity index (χ0n) is 17.0. The Morgan fingerprint density at radius 1 is 1.15 bits per heavy atom. The van der Waals surface area contributed by atoms with Crippen molar-refractivity contribution in [2.75, 3.05) is 32.0 Å². The van der Waals surface area contributed by atoms with E-state index < -0.39 is 10.0 Å². The van der Waals surface area contributed by atoms with Gasteiger partial charge in [0.1, 0.15) is 0 Å². The Morgan fingerprint density at radius 2 is 1.78 bits per heavy atom. The number of carbonyl (C=O) groups is 1. The van der Waals surface area contributed by atoms with Crippen molar-refractivity contribution < 1.29 is 13.2 Å². The number of likely N-dealkylation sites (N-methyl/N-ethyl adjacent to an activating group) is 1. The summed E-state index contributed by atoms with van der Waals surface area (Å²) >= 11 is 0. The van der Waals surface area contributed by atoms with Crippen LogP contribution in [0.3, 0.4) is 0 Å². The largest absolute Gasteiger partial charge is 0.325 e. The number of hydrogen-bond acceptors (Lipinski definition) is 4. The number of rotatable bonds is 8. The van der Waals surface area contributed by atoms with Crippen LogP contribution < -0.4 is 5.32 Å². The highest BCUT2D eigenvalue weighted by molar-refractivity contribution is 7.89. The van der Waals surface area contributed by atoms with Gasteiger partial charge in [0.25, 0.3) is 0 Å². The average molecular weight is 396 g/mol. The van der Waals surface area contributed by atoms with Gasteiger partial charge >= 0.3 is 0 Å². The maximum Gasteiger partial charge on any atom is 0.243 e. The Labute approximate surface area is 164 Å². The van der Waals surface area contributed by atoms with E-state index in [1.165, 1.54) is 23.6 Å². The Balaban J connectivity index is 2.10. The standard InChI is InChI=1S/C20H33N3O3S/c1-5-23(6-2)27(25,26)18-13-12-16(3)19(14-18)21-20(24)15-22(4)17-10-8-7-9-11-17/h12-14,17H,5-11,15H2,1-4H3,(H,21,24). The lowest BCUT2D eigenvalue weighted by Gasteiger charge is -2.30. The van der Waals surface area contributed by atoms with Crippen LogP contribution in [0, 0.1) is 6.92 Å². The number of sulfonamides is 1. The summed E-state index contributed by atoms with van der Waals surface area (Å²) in [7, 11) is -1.56. The van der Waals surface area contributed by atoms with E-state index in [0.717, 1.165) is 18.4 Å². The number of nitrogens with zero attached hydrogens (tertiary/aromatic N) is 2. The van der Waals surface area contributed by atoms with Gasteiger partial charge in [-0.1, -0.05) is 39.2 Å². The van der Waals surface area contributed by atoms with E-state index in [-0.39, 0.29) is 10.8 Å². The van der Waals surface area contributed by atoms with Crippen LogP contribution in [0.15, 0.2) is 23.1 Å². The first-order valence-corrected chi connectivity index (χ1v) is 11.3. The van der Waals surface area contributed by atoms with Crippen molar-refractivity contribution in [1.29, 1.82) is 0 Å². The number of hydrogen-bond donors (Lipinski definition) is 1. The summed E-state index contributed by atoms with van der Waals surface area (Å²) in [4.78, 5) is 14.8. The SMILES string of the molecule is CCN(CC)S(=O)(=O)c1ccc(C)c(NC(=O)CN(C)C2CCCCC2)c1. The summed E-state index contributed by atoms with van der Waals surface area (Å²) in [5.41, 5.74) is 1.41. The van der Waals surface area contributed by atoms with Gasteiger partial charge in [-0.3, -0.25) is 9.69 Å². The molecule has 1 aliphatic rings. The van der Waals surface area contributed by atoms with E-state index >= 15 is 0 Å². The molecule has 1 aliphatic carbocycles. The Bertz CT molecular complexity index is 739. The second-order valence-corrected chi connectivity index (χ2v) is 9.26. The minimum atomic E-state index is -3.54. The smallest absolute Gasteiger partial charge is 0.243 e. The quantitative estimate of drug-likeness (QED) is 0.734. The Hall–Kier alpha value is -1.44. The number of anilines is 1. The lowest BCUT2D eigenvalue weighted by atomic mass is 9.94. The number of benzene rings is 1. The van der Waals surface area contributed by atoms with E-state index in [1.54, 1.807) is 18.2 Å². The Morgan fingerprint density at radius 3 is 2.37 bits per heavy atom. The number of aryl methyl sites for hydroxylation is 1. The number of nitrogens with one attached hydrogen (secondary N) is 1. The van der Waals surface area contributed by atoms with E-state index in [4.69, 9.17) is 0 Å². The fraction of sp³-hybridized carbons (Fsp3) is 0.650. The van der Waals surface area contributed by atoms with Crippen molar-refractivity contribution in [3.63, 3.8) is 0 Å². The molecule has 6 nitrogen and oxygen atoms in total. The molecule has 27 heavy (non-hydrogen) atoms. The lowest BCUT2D eigenvalue weighted by Crippen LogP contribution is -2.39. The summed E-state index contributed by atoms with van der Waals surface area (Å²) < 4.78 is 26.9. The van der Waals surface area contributed by atoms with Crippen molar-refractivity contribution >= 4 is 21.6 Å². The first-order chi connectivity index (χ1) is 12.8. The van der Waals surface area contributed by atoms with Gasteiger partial charge in [0.05, 0.1) is 11.4 Å². The molecule has 0 radical (unpaired) electrons. The minimum absolute atomic E-state index is 0.108. The Kier molecular flexibility index (Phi) is 7.82. The molecule has 1 saturated carbocycles. The van der Waals surface area contributed by atoms with Crippen LogP contribution in [0.4, 0.5) is 5.69 Å². The predicted molar refractivity (Wildman–Crippen MR) is 109 cm³/mol. The van der Waals surface area contributed by atoms with Gasteiger partial charge in [-0.25, -0.2) is 8.42 Å². The molecule has 1 amide bonds. The molecule has 0 saturated heterocycles. The second-order valence-electron chi connectivity index (χ2n) is 7.32. The summed E-state index contributed by atoms with van der Waals surface area (Å²) in [6.45, 7) is 6.66. The molecule has 0 aliphatic heterocycles. The van der Waals surface area contributed by atoms with Crippen LogP contribution in [0.2, 0.25) is 0 Å². The van der Waals surface area contributed by atoms with Gasteiger partial charge < -0.3 is 5.32 Å². The maximum atomic E-state index is 12.7. The summed E-state index contributed by atoms with van der Waals surface area (Å²) in [6.07, 6.45) is 6.01. The third kappa shape index (κ3) is 5.53. The van der Waals surface area contributed by atoms with E-state index in [9.17, 15) is 13.2 Å². The summed E-state index contributed by atoms with van der Waals surface area (Å²) in [6, 6.07) is 5.38. The van der Waals surface area contributed by atoms with E-state index in [0.29, 0.717) is 31.4 Å². The van der Waals surface area contributed by atoms with Crippen molar-refractivity contribution in [2.45, 2.75) is 63.8 Å². The first kappa shape index (κ1) is 21.9. The van der Waals surface area contributed by atoms with Gasteiger partial charge in [-0.15, -0.1) is 0 Å². The molecule has 1 fully saturated rings. The molecular weight excluding hydrogens is 362 g/mol. The maximum absolute atomic E-state index is 12.7. The van der Waals surface area contributed by atoms with Crippen LogP contribution in [0.5, 0.6) is 0 Å². The molecule has 152 valence electrons. The van der Waals surface area contributed by atoms with Gasteiger partial charge in [-0.2, -0.15) is 4.31 Å². The predicted octanol–water partition coefficient (Wildman–Crippen LogP) is 3.23. The molecule has 0 atom stereocenters. The molecule has 1 aromatic rings.